The van der Waals surface area contributed by atoms with Gasteiger partial charge >= 0.3 is 0 Å². The summed E-state index contributed by atoms with van der Waals surface area (Å²) in [7, 11) is 1.73. The molecular weight excluding hydrogens is 346 g/mol. The van der Waals surface area contributed by atoms with Gasteiger partial charge in [0.1, 0.15) is 0 Å². The Balaban J connectivity index is 1.53. The minimum absolute atomic E-state index is 0.230. The molecule has 1 saturated carbocycles. The Morgan fingerprint density at radius 3 is 2.46 bits per heavy atom. The summed E-state index contributed by atoms with van der Waals surface area (Å²) in [6.45, 7) is 7.99. The second kappa shape index (κ2) is 8.16. The van der Waals surface area contributed by atoms with E-state index in [4.69, 9.17) is 9.47 Å². The van der Waals surface area contributed by atoms with Crippen molar-refractivity contribution >= 4 is 0 Å². The molecule has 0 bridgehead atoms. The standard InChI is InChI=1S/C25H33NO2/c1-25(2)18-26(16-19-9-5-4-6-10-19)17-22(25)20-13-14-23(27-3)24(15-20)28-21-11-7-8-12-21/h4-6,9-10,13-15,21-22H,7-8,11-12,16-18H2,1-3H3. The van der Waals surface area contributed by atoms with Gasteiger partial charge in [-0.25, -0.2) is 0 Å². The van der Waals surface area contributed by atoms with Crippen LogP contribution < -0.4 is 9.47 Å². The molecule has 0 aromatic heterocycles. The molecule has 2 aromatic carbocycles. The molecule has 2 aliphatic rings. The highest BCUT2D eigenvalue weighted by molar-refractivity contribution is 5.45. The molecule has 2 aromatic rings. The van der Waals surface area contributed by atoms with Crippen LogP contribution in [0.15, 0.2) is 48.5 Å². The van der Waals surface area contributed by atoms with Crippen molar-refractivity contribution in [3.8, 4) is 11.5 Å². The number of hydrogen-bond acceptors (Lipinski definition) is 3. The fourth-order valence-electron chi connectivity index (χ4n) is 4.96. The fraction of sp³-hybridized carbons (Fsp3) is 0.520. The molecule has 1 aliphatic carbocycles. The molecule has 4 rings (SSSR count). The molecule has 2 fully saturated rings. The van der Waals surface area contributed by atoms with Crippen LogP contribution in [-0.2, 0) is 6.54 Å². The summed E-state index contributed by atoms with van der Waals surface area (Å²) in [5.41, 5.74) is 2.99. The van der Waals surface area contributed by atoms with Crippen molar-refractivity contribution in [3.63, 3.8) is 0 Å². The highest BCUT2D eigenvalue weighted by Crippen LogP contribution is 2.45. The Morgan fingerprint density at radius 2 is 1.75 bits per heavy atom. The zero-order valence-corrected chi connectivity index (χ0v) is 17.5. The van der Waals surface area contributed by atoms with Gasteiger partial charge in [-0.15, -0.1) is 0 Å². The van der Waals surface area contributed by atoms with Crippen molar-refractivity contribution < 1.29 is 9.47 Å². The van der Waals surface area contributed by atoms with Crippen LogP contribution in [-0.4, -0.2) is 31.2 Å². The van der Waals surface area contributed by atoms with E-state index in [1.807, 2.05) is 0 Å². The number of rotatable bonds is 6. The highest BCUT2D eigenvalue weighted by atomic mass is 16.5. The van der Waals surface area contributed by atoms with Crippen molar-refractivity contribution in [2.75, 3.05) is 20.2 Å². The van der Waals surface area contributed by atoms with Gasteiger partial charge in [-0.2, -0.15) is 0 Å². The SMILES string of the molecule is COc1ccc(C2CN(Cc3ccccc3)CC2(C)C)cc1OC1CCCC1. The minimum atomic E-state index is 0.230. The average molecular weight is 380 g/mol. The molecule has 1 unspecified atom stereocenters. The third-order valence-corrected chi connectivity index (χ3v) is 6.45. The van der Waals surface area contributed by atoms with Crippen molar-refractivity contribution in [3.05, 3.63) is 59.7 Å². The van der Waals surface area contributed by atoms with Gasteiger partial charge in [-0.05, 0) is 54.4 Å². The van der Waals surface area contributed by atoms with Gasteiger partial charge < -0.3 is 9.47 Å². The zero-order chi connectivity index (χ0) is 19.6. The summed E-state index contributed by atoms with van der Waals surface area (Å²) in [5.74, 6) is 2.27. The van der Waals surface area contributed by atoms with Crippen LogP contribution in [0.1, 0.15) is 56.6 Å². The molecule has 3 nitrogen and oxygen atoms in total. The maximum absolute atomic E-state index is 6.35. The maximum Gasteiger partial charge on any atom is 0.161 e. The summed E-state index contributed by atoms with van der Waals surface area (Å²) >= 11 is 0. The summed E-state index contributed by atoms with van der Waals surface area (Å²) in [6.07, 6.45) is 5.21. The van der Waals surface area contributed by atoms with Crippen LogP contribution in [0.5, 0.6) is 11.5 Å². The quantitative estimate of drug-likeness (QED) is 0.648. The third-order valence-electron chi connectivity index (χ3n) is 6.45. The van der Waals surface area contributed by atoms with Gasteiger partial charge in [0.2, 0.25) is 0 Å². The van der Waals surface area contributed by atoms with Gasteiger partial charge in [-0.1, -0.05) is 50.2 Å². The number of hydrogen-bond donors (Lipinski definition) is 0. The lowest BCUT2D eigenvalue weighted by atomic mass is 9.78. The van der Waals surface area contributed by atoms with Crippen LogP contribution in [0.3, 0.4) is 0 Å². The largest absolute Gasteiger partial charge is 0.493 e. The summed E-state index contributed by atoms with van der Waals surface area (Å²) in [4.78, 5) is 2.59. The Hall–Kier alpha value is -2.00. The predicted molar refractivity (Wildman–Crippen MR) is 114 cm³/mol. The van der Waals surface area contributed by atoms with Gasteiger partial charge in [0.25, 0.3) is 0 Å². The smallest absolute Gasteiger partial charge is 0.161 e. The van der Waals surface area contributed by atoms with E-state index in [9.17, 15) is 0 Å². The van der Waals surface area contributed by atoms with Crippen molar-refractivity contribution in [2.45, 2.75) is 58.1 Å². The second-order valence-electron chi connectivity index (χ2n) is 9.13. The number of likely N-dealkylation sites (tertiary alicyclic amines) is 1. The van der Waals surface area contributed by atoms with E-state index in [1.54, 1.807) is 7.11 Å². The first-order valence-corrected chi connectivity index (χ1v) is 10.7. The van der Waals surface area contributed by atoms with Crippen LogP contribution in [0.2, 0.25) is 0 Å². The van der Waals surface area contributed by atoms with Crippen molar-refractivity contribution in [2.24, 2.45) is 5.41 Å². The Bertz CT molecular complexity index is 780. The first kappa shape index (κ1) is 19.3. The molecule has 0 N–H and O–H groups in total. The lowest BCUT2D eigenvalue weighted by molar-refractivity contribution is 0.200. The van der Waals surface area contributed by atoms with Crippen LogP contribution in [0, 0.1) is 5.41 Å². The fourth-order valence-corrected chi connectivity index (χ4v) is 4.96. The molecule has 1 heterocycles. The Morgan fingerprint density at radius 1 is 1.00 bits per heavy atom. The van der Waals surface area contributed by atoms with E-state index in [0.717, 1.165) is 44.0 Å². The lowest BCUT2D eigenvalue weighted by Crippen LogP contribution is -2.23. The molecule has 0 amide bonds. The molecule has 0 spiro atoms. The highest BCUT2D eigenvalue weighted by Gasteiger charge is 2.40. The van der Waals surface area contributed by atoms with E-state index in [1.165, 1.54) is 24.0 Å². The molecule has 0 radical (unpaired) electrons. The van der Waals surface area contributed by atoms with E-state index in [2.05, 4.69) is 67.3 Å². The Kier molecular flexibility index (Phi) is 5.63. The summed E-state index contributed by atoms with van der Waals surface area (Å²) in [6, 6.07) is 17.4. The second-order valence-corrected chi connectivity index (χ2v) is 9.13. The monoisotopic (exact) mass is 379 g/mol. The average Bonchev–Trinajstić information content (AvgIpc) is 3.29. The third kappa shape index (κ3) is 4.20. The van der Waals surface area contributed by atoms with Crippen molar-refractivity contribution in [1.82, 2.24) is 4.90 Å². The first-order valence-electron chi connectivity index (χ1n) is 10.7. The summed E-state index contributed by atoms with van der Waals surface area (Å²) in [5, 5.41) is 0. The number of benzene rings is 2. The molecule has 1 saturated heterocycles. The molecule has 150 valence electrons. The Labute approximate surface area is 169 Å². The van der Waals surface area contributed by atoms with Crippen LogP contribution in [0.4, 0.5) is 0 Å². The normalized spacial score (nSPS) is 22.5. The van der Waals surface area contributed by atoms with E-state index < -0.39 is 0 Å². The molecule has 1 aliphatic heterocycles. The van der Waals surface area contributed by atoms with E-state index in [0.29, 0.717) is 12.0 Å². The number of methoxy groups -OCH3 is 1. The number of ether oxygens (including phenoxy) is 2. The molecule has 28 heavy (non-hydrogen) atoms. The summed E-state index contributed by atoms with van der Waals surface area (Å²) < 4.78 is 11.9. The van der Waals surface area contributed by atoms with Gasteiger partial charge in [0.05, 0.1) is 13.2 Å². The molecular formula is C25H33NO2. The maximum atomic E-state index is 6.35. The minimum Gasteiger partial charge on any atom is -0.493 e. The molecule has 3 heteroatoms. The van der Waals surface area contributed by atoms with Crippen molar-refractivity contribution in [1.29, 1.82) is 0 Å². The van der Waals surface area contributed by atoms with E-state index >= 15 is 0 Å². The zero-order valence-electron chi connectivity index (χ0n) is 17.5. The van der Waals surface area contributed by atoms with E-state index in [-0.39, 0.29) is 5.41 Å². The first-order chi connectivity index (χ1) is 13.5. The van der Waals surface area contributed by atoms with Gasteiger partial charge in [-0.3, -0.25) is 4.90 Å². The number of nitrogens with zero attached hydrogens (tertiary/aromatic N) is 1. The van der Waals surface area contributed by atoms with Gasteiger partial charge in [0, 0.05) is 25.6 Å². The van der Waals surface area contributed by atoms with Crippen LogP contribution in [0.25, 0.3) is 0 Å². The predicted octanol–water partition coefficient (Wildman–Crippen LogP) is 5.64. The van der Waals surface area contributed by atoms with Gasteiger partial charge in [0.15, 0.2) is 11.5 Å². The molecule has 1 atom stereocenters. The lowest BCUT2D eigenvalue weighted by Gasteiger charge is -2.27. The topological polar surface area (TPSA) is 21.7 Å². The van der Waals surface area contributed by atoms with Crippen LogP contribution >= 0.6 is 0 Å².